The second-order valence-electron chi connectivity index (χ2n) is 4.63. The number of carbonyl (C=O) groups is 2. The van der Waals surface area contributed by atoms with E-state index in [0.29, 0.717) is 17.1 Å². The van der Waals surface area contributed by atoms with E-state index in [1.54, 1.807) is 25.3 Å². The number of benzene rings is 1. The fourth-order valence-electron chi connectivity index (χ4n) is 2.08. The van der Waals surface area contributed by atoms with Gasteiger partial charge < -0.3 is 9.47 Å². The van der Waals surface area contributed by atoms with Gasteiger partial charge in [0.2, 0.25) is 0 Å². The Hall–Kier alpha value is -2.67. The zero-order valence-electron chi connectivity index (χ0n) is 12.8. The third kappa shape index (κ3) is 3.40. The fraction of sp³-hybridized carbons (Fsp3) is 0.188. The van der Waals surface area contributed by atoms with E-state index in [2.05, 4.69) is 11.9 Å². The maximum Gasteiger partial charge on any atom is 0.265 e. The molecule has 1 aromatic rings. The van der Waals surface area contributed by atoms with Crippen LogP contribution in [-0.4, -0.2) is 42.6 Å². The van der Waals surface area contributed by atoms with Gasteiger partial charge in [0, 0.05) is 18.2 Å². The van der Waals surface area contributed by atoms with E-state index >= 15 is 0 Å². The number of thiocarbonyl (C=S) groups is 1. The maximum atomic E-state index is 12.5. The predicted molar refractivity (Wildman–Crippen MR) is 90.2 cm³/mol. The zero-order valence-corrected chi connectivity index (χ0v) is 13.6. The second-order valence-corrected chi connectivity index (χ2v) is 5.02. The average molecular weight is 332 g/mol. The van der Waals surface area contributed by atoms with E-state index in [-0.39, 0.29) is 17.2 Å². The van der Waals surface area contributed by atoms with Crippen LogP contribution in [0.25, 0.3) is 6.08 Å². The van der Waals surface area contributed by atoms with Crippen molar-refractivity contribution >= 4 is 35.2 Å². The average Bonchev–Trinajstić information content (AvgIpc) is 2.55. The monoisotopic (exact) mass is 332 g/mol. The van der Waals surface area contributed by atoms with Gasteiger partial charge >= 0.3 is 0 Å². The minimum Gasteiger partial charge on any atom is -0.497 e. The number of hydrogen-bond donors (Lipinski definition) is 1. The summed E-state index contributed by atoms with van der Waals surface area (Å²) >= 11 is 5.00. The highest BCUT2D eigenvalue weighted by molar-refractivity contribution is 7.80. The van der Waals surface area contributed by atoms with Crippen LogP contribution in [0.15, 0.2) is 36.4 Å². The topological polar surface area (TPSA) is 67.9 Å². The van der Waals surface area contributed by atoms with E-state index in [4.69, 9.17) is 21.7 Å². The van der Waals surface area contributed by atoms with Crippen molar-refractivity contribution in [3.8, 4) is 11.5 Å². The molecule has 1 fully saturated rings. The maximum absolute atomic E-state index is 12.5. The van der Waals surface area contributed by atoms with Crippen LogP contribution < -0.4 is 14.8 Å². The number of carbonyl (C=O) groups excluding carboxylic acids is 2. The van der Waals surface area contributed by atoms with Crippen LogP contribution in [0.4, 0.5) is 0 Å². The highest BCUT2D eigenvalue weighted by Crippen LogP contribution is 2.27. The summed E-state index contributed by atoms with van der Waals surface area (Å²) in [4.78, 5) is 25.8. The van der Waals surface area contributed by atoms with Crippen molar-refractivity contribution in [3.05, 3.63) is 42.0 Å². The van der Waals surface area contributed by atoms with Gasteiger partial charge in [-0.25, -0.2) is 0 Å². The number of ether oxygens (including phenoxy) is 2. The first-order chi connectivity index (χ1) is 11.0. The van der Waals surface area contributed by atoms with E-state index < -0.39 is 11.8 Å². The van der Waals surface area contributed by atoms with Crippen LogP contribution in [0.3, 0.4) is 0 Å². The van der Waals surface area contributed by atoms with Gasteiger partial charge in [0.1, 0.15) is 17.1 Å². The lowest BCUT2D eigenvalue weighted by atomic mass is 10.1. The highest BCUT2D eigenvalue weighted by atomic mass is 32.1. The number of hydrogen-bond acceptors (Lipinski definition) is 5. The lowest BCUT2D eigenvalue weighted by molar-refractivity contribution is -0.128. The first-order valence-corrected chi connectivity index (χ1v) is 7.14. The predicted octanol–water partition coefficient (Wildman–Crippen LogP) is 1.52. The van der Waals surface area contributed by atoms with E-state index in [1.165, 1.54) is 24.2 Å². The largest absolute Gasteiger partial charge is 0.497 e. The standard InChI is InChI=1S/C16H16N2O4S/c1-4-7-18-15(20)12(14(19)17-16(18)23)8-10-5-6-11(21-2)9-13(10)22-3/h4-6,8-9H,1,7H2,2-3H3,(H,17,19,23)/b12-8-. The first kappa shape index (κ1) is 16.7. The third-order valence-electron chi connectivity index (χ3n) is 3.24. The highest BCUT2D eigenvalue weighted by Gasteiger charge is 2.32. The molecule has 6 nitrogen and oxygen atoms in total. The first-order valence-electron chi connectivity index (χ1n) is 6.73. The summed E-state index contributed by atoms with van der Waals surface area (Å²) in [5, 5.41) is 2.56. The molecule has 0 aromatic heterocycles. The third-order valence-corrected chi connectivity index (χ3v) is 3.56. The molecule has 0 radical (unpaired) electrons. The molecule has 2 amide bonds. The molecule has 7 heteroatoms. The van der Waals surface area contributed by atoms with Crippen LogP contribution in [-0.2, 0) is 9.59 Å². The van der Waals surface area contributed by atoms with Crippen LogP contribution in [0, 0.1) is 0 Å². The van der Waals surface area contributed by atoms with Gasteiger partial charge in [-0.05, 0) is 30.4 Å². The van der Waals surface area contributed by atoms with Crippen LogP contribution in [0.2, 0.25) is 0 Å². The van der Waals surface area contributed by atoms with Crippen molar-refractivity contribution in [3.63, 3.8) is 0 Å². The molecule has 0 bridgehead atoms. The summed E-state index contributed by atoms with van der Waals surface area (Å²) < 4.78 is 10.4. The van der Waals surface area contributed by atoms with Crippen molar-refractivity contribution in [1.82, 2.24) is 10.2 Å². The Balaban J connectivity index is 2.44. The quantitative estimate of drug-likeness (QED) is 0.383. The molecule has 0 atom stereocenters. The fourth-order valence-corrected chi connectivity index (χ4v) is 2.33. The Morgan fingerprint density at radius 3 is 2.65 bits per heavy atom. The summed E-state index contributed by atoms with van der Waals surface area (Å²) in [6, 6.07) is 5.09. The summed E-state index contributed by atoms with van der Waals surface area (Å²) in [5.74, 6) is 0.0773. The lowest BCUT2D eigenvalue weighted by Gasteiger charge is -2.27. The van der Waals surface area contributed by atoms with Gasteiger partial charge in [0.15, 0.2) is 5.11 Å². The number of nitrogens with zero attached hydrogens (tertiary/aromatic N) is 1. The summed E-state index contributed by atoms with van der Waals surface area (Å²) in [6.45, 7) is 3.80. The minimum atomic E-state index is -0.543. The molecular formula is C16H16N2O4S. The molecule has 1 aliphatic heterocycles. The number of methoxy groups -OCH3 is 2. The second kappa shape index (κ2) is 7.06. The molecule has 0 spiro atoms. The molecule has 1 saturated heterocycles. The SMILES string of the molecule is C=CCN1C(=O)/C(=C\c2ccc(OC)cc2OC)C(=O)NC1=S. The smallest absolute Gasteiger partial charge is 0.265 e. The van der Waals surface area contributed by atoms with Crippen molar-refractivity contribution in [2.75, 3.05) is 20.8 Å². The molecular weight excluding hydrogens is 316 g/mol. The van der Waals surface area contributed by atoms with Crippen molar-refractivity contribution < 1.29 is 19.1 Å². The van der Waals surface area contributed by atoms with E-state index in [9.17, 15) is 9.59 Å². The Kier molecular flexibility index (Phi) is 5.13. The van der Waals surface area contributed by atoms with Crippen molar-refractivity contribution in [2.24, 2.45) is 0 Å². The zero-order chi connectivity index (χ0) is 17.0. The van der Waals surface area contributed by atoms with Gasteiger partial charge in [-0.2, -0.15) is 0 Å². The van der Waals surface area contributed by atoms with Crippen LogP contribution >= 0.6 is 12.2 Å². The normalized spacial score (nSPS) is 16.3. The van der Waals surface area contributed by atoms with Gasteiger partial charge in [0.25, 0.3) is 11.8 Å². The molecule has 23 heavy (non-hydrogen) atoms. The van der Waals surface area contributed by atoms with Gasteiger partial charge in [-0.1, -0.05) is 6.08 Å². The number of amides is 2. The lowest BCUT2D eigenvalue weighted by Crippen LogP contribution is -2.53. The van der Waals surface area contributed by atoms with Crippen molar-refractivity contribution in [2.45, 2.75) is 0 Å². The molecule has 1 aliphatic rings. The molecule has 2 rings (SSSR count). The minimum absolute atomic E-state index is 0.0242. The Labute approximate surface area is 139 Å². The molecule has 0 saturated carbocycles. The number of rotatable bonds is 5. The van der Waals surface area contributed by atoms with E-state index in [0.717, 1.165) is 0 Å². The summed E-state index contributed by atoms with van der Waals surface area (Å²) in [6.07, 6.45) is 3.00. The molecule has 0 aliphatic carbocycles. The Bertz CT molecular complexity index is 712. The number of nitrogens with one attached hydrogen (secondary N) is 1. The van der Waals surface area contributed by atoms with E-state index in [1.807, 2.05) is 0 Å². The molecule has 1 N–H and O–H groups in total. The van der Waals surface area contributed by atoms with Gasteiger partial charge in [0.05, 0.1) is 14.2 Å². The Morgan fingerprint density at radius 1 is 1.30 bits per heavy atom. The van der Waals surface area contributed by atoms with Gasteiger partial charge in [-0.3, -0.25) is 19.8 Å². The van der Waals surface area contributed by atoms with Crippen LogP contribution in [0.1, 0.15) is 5.56 Å². The van der Waals surface area contributed by atoms with Crippen LogP contribution in [0.5, 0.6) is 11.5 Å². The van der Waals surface area contributed by atoms with Crippen molar-refractivity contribution in [1.29, 1.82) is 0 Å². The summed E-state index contributed by atoms with van der Waals surface area (Å²) in [7, 11) is 3.04. The van der Waals surface area contributed by atoms with Gasteiger partial charge in [-0.15, -0.1) is 6.58 Å². The molecule has 1 heterocycles. The molecule has 0 unspecified atom stereocenters. The Morgan fingerprint density at radius 2 is 2.04 bits per heavy atom. The summed E-state index contributed by atoms with van der Waals surface area (Å²) in [5.41, 5.74) is 0.557. The molecule has 120 valence electrons. The molecule has 1 aromatic carbocycles.